The standard InChI is InChI=1S/C18H23N3O3S/c1-13-20-17-6-4-3-5-16(17)18(21-13)19-11-12-24-14-7-9-15(10-8-14)25(2,22)23/h7-10H,3-6,11-12H2,1-2H3,(H,19,20,21). The zero-order valence-electron chi connectivity index (χ0n) is 14.6. The molecule has 7 heteroatoms. The second-order valence-electron chi connectivity index (χ2n) is 6.27. The molecule has 25 heavy (non-hydrogen) atoms. The fourth-order valence-electron chi connectivity index (χ4n) is 2.99. The smallest absolute Gasteiger partial charge is 0.175 e. The molecule has 0 bridgehead atoms. The van der Waals surface area contributed by atoms with Gasteiger partial charge in [-0.15, -0.1) is 0 Å². The molecule has 134 valence electrons. The van der Waals surface area contributed by atoms with Crippen molar-refractivity contribution in [1.29, 1.82) is 0 Å². The average molecular weight is 361 g/mol. The number of aryl methyl sites for hydroxylation is 2. The first-order valence-corrected chi connectivity index (χ1v) is 10.4. The van der Waals surface area contributed by atoms with Gasteiger partial charge in [-0.2, -0.15) is 0 Å². The third-order valence-corrected chi connectivity index (χ3v) is 5.34. The molecule has 0 spiro atoms. The normalized spacial score (nSPS) is 14.0. The van der Waals surface area contributed by atoms with Gasteiger partial charge in [-0.25, -0.2) is 18.4 Å². The Bertz CT molecular complexity index is 849. The fourth-order valence-corrected chi connectivity index (χ4v) is 3.62. The van der Waals surface area contributed by atoms with Crippen LogP contribution < -0.4 is 10.1 Å². The van der Waals surface area contributed by atoms with E-state index in [0.29, 0.717) is 23.8 Å². The van der Waals surface area contributed by atoms with Crippen molar-refractivity contribution in [1.82, 2.24) is 9.97 Å². The zero-order valence-corrected chi connectivity index (χ0v) is 15.4. The Labute approximate surface area is 148 Å². The number of anilines is 1. The number of hydrogen-bond acceptors (Lipinski definition) is 6. The quantitative estimate of drug-likeness (QED) is 0.797. The van der Waals surface area contributed by atoms with Gasteiger partial charge >= 0.3 is 0 Å². The molecule has 0 fully saturated rings. The molecule has 0 saturated heterocycles. The first-order chi connectivity index (χ1) is 11.9. The van der Waals surface area contributed by atoms with Gasteiger partial charge < -0.3 is 10.1 Å². The van der Waals surface area contributed by atoms with Crippen molar-refractivity contribution in [2.45, 2.75) is 37.5 Å². The van der Waals surface area contributed by atoms with Crippen LogP contribution in [0.25, 0.3) is 0 Å². The van der Waals surface area contributed by atoms with Crippen molar-refractivity contribution in [2.24, 2.45) is 0 Å². The molecule has 0 saturated carbocycles. The van der Waals surface area contributed by atoms with Crippen LogP contribution in [0.2, 0.25) is 0 Å². The van der Waals surface area contributed by atoms with Crippen LogP contribution in [0.3, 0.4) is 0 Å². The van der Waals surface area contributed by atoms with Crippen LogP contribution in [0.1, 0.15) is 29.9 Å². The Kier molecular flexibility index (Phi) is 5.22. The van der Waals surface area contributed by atoms with Crippen molar-refractivity contribution in [3.63, 3.8) is 0 Å². The lowest BCUT2D eigenvalue weighted by Gasteiger charge is -2.19. The second kappa shape index (κ2) is 7.39. The predicted octanol–water partition coefficient (Wildman–Crippen LogP) is 2.56. The fraction of sp³-hybridized carbons (Fsp3) is 0.444. The Morgan fingerprint density at radius 1 is 1.12 bits per heavy atom. The van der Waals surface area contributed by atoms with E-state index in [-0.39, 0.29) is 0 Å². The molecule has 1 aromatic heterocycles. The Balaban J connectivity index is 1.56. The van der Waals surface area contributed by atoms with Crippen molar-refractivity contribution in [3.05, 3.63) is 41.3 Å². The van der Waals surface area contributed by atoms with Crippen LogP contribution in [0.15, 0.2) is 29.2 Å². The van der Waals surface area contributed by atoms with Crippen LogP contribution in [0, 0.1) is 6.92 Å². The van der Waals surface area contributed by atoms with Crippen LogP contribution in [-0.4, -0.2) is 37.8 Å². The third kappa shape index (κ3) is 4.48. The first kappa shape index (κ1) is 17.7. The van der Waals surface area contributed by atoms with Gasteiger partial charge in [0, 0.05) is 17.5 Å². The highest BCUT2D eigenvalue weighted by atomic mass is 32.2. The number of sulfone groups is 1. The van der Waals surface area contributed by atoms with Crippen LogP contribution in [0.5, 0.6) is 5.75 Å². The van der Waals surface area contributed by atoms with Gasteiger partial charge in [0.15, 0.2) is 9.84 Å². The number of aromatic nitrogens is 2. The van der Waals surface area contributed by atoms with Crippen LogP contribution in [-0.2, 0) is 22.7 Å². The highest BCUT2D eigenvalue weighted by Gasteiger charge is 2.16. The van der Waals surface area contributed by atoms with E-state index in [1.54, 1.807) is 24.3 Å². The summed E-state index contributed by atoms with van der Waals surface area (Å²) in [6.07, 6.45) is 5.60. The number of benzene rings is 1. The SMILES string of the molecule is Cc1nc2c(c(NCCOc3ccc(S(C)(=O)=O)cc3)n1)CCCC2. The summed E-state index contributed by atoms with van der Waals surface area (Å²) in [4.78, 5) is 9.36. The summed E-state index contributed by atoms with van der Waals surface area (Å²) in [5.74, 6) is 2.36. The van der Waals surface area contributed by atoms with Crippen molar-refractivity contribution in [2.75, 3.05) is 24.7 Å². The van der Waals surface area contributed by atoms with Gasteiger partial charge in [-0.3, -0.25) is 0 Å². The van der Waals surface area contributed by atoms with Crippen molar-refractivity contribution in [3.8, 4) is 5.75 Å². The van der Waals surface area contributed by atoms with Gasteiger partial charge in [-0.05, 0) is 56.9 Å². The highest BCUT2D eigenvalue weighted by molar-refractivity contribution is 7.90. The minimum absolute atomic E-state index is 0.293. The molecule has 1 aliphatic carbocycles. The molecule has 3 rings (SSSR count). The summed E-state index contributed by atoms with van der Waals surface area (Å²) in [6.45, 7) is 3.01. The molecule has 6 nitrogen and oxygen atoms in total. The maximum absolute atomic E-state index is 11.4. The summed E-state index contributed by atoms with van der Waals surface area (Å²) >= 11 is 0. The molecule has 0 amide bonds. The highest BCUT2D eigenvalue weighted by Crippen LogP contribution is 2.25. The summed E-state index contributed by atoms with van der Waals surface area (Å²) in [7, 11) is -3.18. The lowest BCUT2D eigenvalue weighted by Crippen LogP contribution is -2.17. The Hall–Kier alpha value is -2.15. The van der Waals surface area contributed by atoms with E-state index in [4.69, 9.17) is 4.74 Å². The van der Waals surface area contributed by atoms with E-state index in [2.05, 4.69) is 15.3 Å². The molecule has 0 atom stereocenters. The molecule has 0 aliphatic heterocycles. The Morgan fingerprint density at radius 2 is 1.84 bits per heavy atom. The van der Waals surface area contributed by atoms with Crippen molar-refractivity contribution >= 4 is 15.7 Å². The zero-order chi connectivity index (χ0) is 17.9. The minimum atomic E-state index is -3.18. The number of hydrogen-bond donors (Lipinski definition) is 1. The van der Waals surface area contributed by atoms with E-state index in [0.717, 1.165) is 24.5 Å². The average Bonchev–Trinajstić information content (AvgIpc) is 2.58. The van der Waals surface area contributed by atoms with Gasteiger partial charge in [-0.1, -0.05) is 0 Å². The molecular weight excluding hydrogens is 338 g/mol. The number of nitrogens with zero attached hydrogens (tertiary/aromatic N) is 2. The minimum Gasteiger partial charge on any atom is -0.492 e. The molecule has 1 aliphatic rings. The number of ether oxygens (including phenoxy) is 1. The third-order valence-electron chi connectivity index (χ3n) is 4.21. The second-order valence-corrected chi connectivity index (χ2v) is 8.29. The Morgan fingerprint density at radius 3 is 2.56 bits per heavy atom. The van der Waals surface area contributed by atoms with Crippen LogP contribution >= 0.6 is 0 Å². The lowest BCUT2D eigenvalue weighted by molar-refractivity contribution is 0.332. The first-order valence-electron chi connectivity index (χ1n) is 8.46. The number of fused-ring (bicyclic) bond motifs is 1. The molecular formula is C18H23N3O3S. The summed E-state index contributed by atoms with van der Waals surface area (Å²) in [5.41, 5.74) is 2.40. The van der Waals surface area contributed by atoms with Gasteiger partial charge in [0.05, 0.1) is 11.4 Å². The predicted molar refractivity (Wildman–Crippen MR) is 96.9 cm³/mol. The molecule has 1 heterocycles. The van der Waals surface area contributed by atoms with E-state index in [1.807, 2.05) is 6.92 Å². The van der Waals surface area contributed by atoms with Gasteiger partial charge in [0.1, 0.15) is 24.0 Å². The number of nitrogens with one attached hydrogen (secondary N) is 1. The largest absolute Gasteiger partial charge is 0.492 e. The van der Waals surface area contributed by atoms with E-state index in [9.17, 15) is 8.42 Å². The van der Waals surface area contributed by atoms with Gasteiger partial charge in [0.25, 0.3) is 0 Å². The molecule has 1 N–H and O–H groups in total. The van der Waals surface area contributed by atoms with E-state index >= 15 is 0 Å². The van der Waals surface area contributed by atoms with E-state index < -0.39 is 9.84 Å². The van der Waals surface area contributed by atoms with Crippen LogP contribution in [0.4, 0.5) is 5.82 Å². The summed E-state index contributed by atoms with van der Waals surface area (Å²) < 4.78 is 28.6. The lowest BCUT2D eigenvalue weighted by atomic mass is 9.96. The maximum atomic E-state index is 11.4. The number of rotatable bonds is 6. The molecule has 2 aromatic rings. The van der Waals surface area contributed by atoms with Gasteiger partial charge in [0.2, 0.25) is 0 Å². The topological polar surface area (TPSA) is 81.2 Å². The maximum Gasteiger partial charge on any atom is 0.175 e. The summed E-state index contributed by atoms with van der Waals surface area (Å²) in [6, 6.07) is 6.46. The van der Waals surface area contributed by atoms with E-state index in [1.165, 1.54) is 30.4 Å². The summed E-state index contributed by atoms with van der Waals surface area (Å²) in [5, 5.41) is 3.35. The monoisotopic (exact) mass is 361 g/mol. The molecule has 0 radical (unpaired) electrons. The van der Waals surface area contributed by atoms with Crippen molar-refractivity contribution < 1.29 is 13.2 Å². The molecule has 0 unspecified atom stereocenters. The molecule has 1 aromatic carbocycles.